The number of carbonyl (C=O) groups is 3. The van der Waals surface area contributed by atoms with Crippen LogP contribution in [0, 0.1) is 13.8 Å². The Labute approximate surface area is 335 Å². The van der Waals surface area contributed by atoms with Gasteiger partial charge in [-0.25, -0.2) is 14.8 Å². The third-order valence-electron chi connectivity index (χ3n) is 12.0. The van der Waals surface area contributed by atoms with E-state index in [1.165, 1.54) is 36.3 Å². The molecule has 0 bridgehead atoms. The summed E-state index contributed by atoms with van der Waals surface area (Å²) in [5.41, 5.74) is 8.09. The lowest BCUT2D eigenvalue weighted by Gasteiger charge is -2.29. The van der Waals surface area contributed by atoms with E-state index in [0.717, 1.165) is 86.5 Å². The maximum atomic E-state index is 14.2. The van der Waals surface area contributed by atoms with Crippen molar-refractivity contribution in [2.45, 2.75) is 89.6 Å². The highest BCUT2D eigenvalue weighted by Gasteiger charge is 2.43. The number of aliphatic carboxylic acids is 1. The summed E-state index contributed by atoms with van der Waals surface area (Å²) in [4.78, 5) is 49.8. The largest absolute Gasteiger partial charge is 0.490 e. The van der Waals surface area contributed by atoms with Crippen LogP contribution in [-0.2, 0) is 16.1 Å². The van der Waals surface area contributed by atoms with Gasteiger partial charge in [-0.3, -0.25) is 9.59 Å². The first-order valence-electron chi connectivity index (χ1n) is 20.0. The minimum atomic E-state index is -1.05. The van der Waals surface area contributed by atoms with Gasteiger partial charge in [0, 0.05) is 39.2 Å². The second-order valence-corrected chi connectivity index (χ2v) is 16.9. The van der Waals surface area contributed by atoms with Gasteiger partial charge in [0.1, 0.15) is 17.9 Å². The van der Waals surface area contributed by atoms with E-state index in [0.29, 0.717) is 48.7 Å². The molecule has 3 aliphatic rings. The van der Waals surface area contributed by atoms with Crippen LogP contribution in [0.25, 0.3) is 49.7 Å². The molecule has 0 radical (unpaired) electrons. The number of hydrogen-bond acceptors (Lipinski definition) is 7. The van der Waals surface area contributed by atoms with Gasteiger partial charge in [0.15, 0.2) is 0 Å². The maximum Gasteiger partial charge on any atom is 0.328 e. The molecule has 290 valence electrons. The molecule has 2 aliphatic carbocycles. The predicted molar refractivity (Wildman–Crippen MR) is 225 cm³/mol. The molecule has 11 heteroatoms. The zero-order chi connectivity index (χ0) is 39.3. The number of nitrogens with zero attached hydrogens (tertiary/aromatic N) is 3. The van der Waals surface area contributed by atoms with Crippen LogP contribution < -0.4 is 15.4 Å². The van der Waals surface area contributed by atoms with E-state index in [2.05, 4.69) is 50.5 Å². The smallest absolute Gasteiger partial charge is 0.328 e. The Morgan fingerprint density at radius 2 is 1.68 bits per heavy atom. The summed E-state index contributed by atoms with van der Waals surface area (Å²) in [6.07, 6.45) is 11.2. The van der Waals surface area contributed by atoms with Crippen molar-refractivity contribution in [3.05, 3.63) is 100 Å². The molecule has 0 spiro atoms. The number of ether oxygens (including phenoxy) is 1. The molecule has 4 heterocycles. The molecule has 10 nitrogen and oxygen atoms in total. The number of carboxylic acids is 1. The van der Waals surface area contributed by atoms with E-state index in [-0.39, 0.29) is 11.8 Å². The van der Waals surface area contributed by atoms with E-state index in [1.54, 1.807) is 35.6 Å². The Balaban J connectivity index is 1.07. The first kappa shape index (κ1) is 36.8. The molecule has 57 heavy (non-hydrogen) atoms. The molecule has 3 aromatic carbocycles. The number of anilines is 1. The summed E-state index contributed by atoms with van der Waals surface area (Å²) in [5.74, 6) is -0.312. The van der Waals surface area contributed by atoms with Gasteiger partial charge < -0.3 is 25.0 Å². The van der Waals surface area contributed by atoms with Crippen LogP contribution in [0.5, 0.6) is 5.75 Å². The summed E-state index contributed by atoms with van der Waals surface area (Å²) >= 11 is 1.66. The Morgan fingerprint density at radius 1 is 0.912 bits per heavy atom. The monoisotopic (exact) mass is 779 g/mol. The SMILES string of the molecule is Cc1nc(C)c(-c2ccc3c4c(ccc3n2)-c2c(C3CCCCC3)c3ccc(C(=O)NC5(C(=O)Nc6ccc(/C=C/C(=O)O)cc6)CCCC5)cc3n2CCO4)s1. The minimum Gasteiger partial charge on any atom is -0.490 e. The van der Waals surface area contributed by atoms with E-state index in [9.17, 15) is 14.4 Å². The zero-order valence-corrected chi connectivity index (χ0v) is 33.0. The quantitative estimate of drug-likeness (QED) is 0.131. The molecule has 2 amide bonds. The van der Waals surface area contributed by atoms with E-state index in [4.69, 9.17) is 14.8 Å². The molecule has 6 aromatic rings. The van der Waals surface area contributed by atoms with Crippen molar-refractivity contribution in [1.82, 2.24) is 19.9 Å². The van der Waals surface area contributed by atoms with Crippen molar-refractivity contribution in [3.8, 4) is 27.6 Å². The van der Waals surface area contributed by atoms with Crippen molar-refractivity contribution in [2.75, 3.05) is 11.9 Å². The molecule has 0 unspecified atom stereocenters. The van der Waals surface area contributed by atoms with Crippen molar-refractivity contribution < 1.29 is 24.2 Å². The summed E-state index contributed by atoms with van der Waals surface area (Å²) in [5, 5.41) is 18.3. The highest BCUT2D eigenvalue weighted by atomic mass is 32.1. The lowest BCUT2D eigenvalue weighted by Crippen LogP contribution is -2.55. The van der Waals surface area contributed by atoms with Gasteiger partial charge in [0.25, 0.3) is 5.91 Å². The van der Waals surface area contributed by atoms with Crippen molar-refractivity contribution >= 4 is 62.7 Å². The first-order chi connectivity index (χ1) is 27.7. The van der Waals surface area contributed by atoms with Crippen LogP contribution >= 0.6 is 11.3 Å². The number of rotatable bonds is 8. The van der Waals surface area contributed by atoms with Crippen LogP contribution in [0.4, 0.5) is 5.69 Å². The van der Waals surface area contributed by atoms with Gasteiger partial charge in [0.2, 0.25) is 5.91 Å². The number of fused-ring (bicyclic) bond motifs is 7. The van der Waals surface area contributed by atoms with Crippen molar-refractivity contribution in [3.63, 3.8) is 0 Å². The Morgan fingerprint density at radius 3 is 2.42 bits per heavy atom. The van der Waals surface area contributed by atoms with Crippen LogP contribution in [-0.4, -0.2) is 49.6 Å². The number of carboxylic acid groups (broad SMARTS) is 1. The number of benzene rings is 3. The van der Waals surface area contributed by atoms with Crippen LogP contribution in [0.2, 0.25) is 0 Å². The van der Waals surface area contributed by atoms with Crippen molar-refractivity contribution in [2.24, 2.45) is 0 Å². The third kappa shape index (κ3) is 6.88. The van der Waals surface area contributed by atoms with Gasteiger partial charge in [-0.1, -0.05) is 50.3 Å². The number of aryl methyl sites for hydroxylation is 2. The normalized spacial score (nSPS) is 16.6. The fourth-order valence-corrected chi connectivity index (χ4v) is 10.2. The topological polar surface area (TPSA) is 135 Å². The maximum absolute atomic E-state index is 14.2. The number of hydrogen-bond donors (Lipinski definition) is 3. The number of pyridine rings is 1. The lowest BCUT2D eigenvalue weighted by molar-refractivity contribution is -0.131. The number of carbonyl (C=O) groups excluding carboxylic acids is 2. The molecule has 3 aromatic heterocycles. The Hall–Kier alpha value is -5.81. The predicted octanol–water partition coefficient (Wildman–Crippen LogP) is 9.82. The standard InChI is InChI=1S/C46H45N5O5S/c1-27-43(57-28(2)47-27)37-20-17-33-36(49-37)19-18-35-41-40(30-8-4-3-5-9-30)34-16-13-31(26-38(34)51(41)24-25-56-42(33)35)44(54)50-46(22-6-7-23-46)45(55)48-32-14-10-29(11-15-32)12-21-39(52)53/h10-21,26,30H,3-9,22-25H2,1-2H3,(H,48,55)(H,50,54)(H,52,53)/b21-12+. The summed E-state index contributed by atoms with van der Waals surface area (Å²) in [6, 6.07) is 21.5. The first-order valence-corrected chi connectivity index (χ1v) is 20.8. The van der Waals surface area contributed by atoms with Crippen LogP contribution in [0.1, 0.15) is 95.9 Å². The second-order valence-electron chi connectivity index (χ2n) is 15.7. The second kappa shape index (κ2) is 14.9. The third-order valence-corrected chi connectivity index (χ3v) is 13.1. The van der Waals surface area contributed by atoms with Gasteiger partial charge in [0.05, 0.1) is 39.0 Å². The molecule has 2 fully saturated rings. The fraction of sp³-hybridized carbons (Fsp3) is 0.326. The number of nitrogens with one attached hydrogen (secondary N) is 2. The molecule has 3 N–H and O–H groups in total. The molecule has 0 saturated heterocycles. The van der Waals surface area contributed by atoms with E-state index in [1.807, 2.05) is 26.0 Å². The highest BCUT2D eigenvalue weighted by molar-refractivity contribution is 7.15. The van der Waals surface area contributed by atoms with Gasteiger partial charge in [-0.05, 0) is 111 Å². The van der Waals surface area contributed by atoms with Crippen LogP contribution in [0.15, 0.2) is 72.8 Å². The number of aromatic nitrogens is 3. The van der Waals surface area contributed by atoms with E-state index >= 15 is 0 Å². The van der Waals surface area contributed by atoms with Crippen LogP contribution in [0.3, 0.4) is 0 Å². The summed E-state index contributed by atoms with van der Waals surface area (Å²) in [7, 11) is 0. The number of thiazole rings is 1. The molecule has 1 aliphatic heterocycles. The Bertz CT molecular complexity index is 2590. The average molecular weight is 780 g/mol. The van der Waals surface area contributed by atoms with Gasteiger partial charge >= 0.3 is 5.97 Å². The summed E-state index contributed by atoms with van der Waals surface area (Å²) < 4.78 is 8.98. The average Bonchev–Trinajstić information content (AvgIpc) is 3.88. The van der Waals surface area contributed by atoms with Crippen molar-refractivity contribution in [1.29, 1.82) is 0 Å². The molecule has 0 atom stereocenters. The summed E-state index contributed by atoms with van der Waals surface area (Å²) in [6.45, 7) is 5.15. The molecule has 2 saturated carbocycles. The van der Waals surface area contributed by atoms with E-state index < -0.39 is 11.5 Å². The number of amides is 2. The fourth-order valence-electron chi connectivity index (χ4n) is 9.27. The van der Waals surface area contributed by atoms with Gasteiger partial charge in [-0.2, -0.15) is 0 Å². The molecule has 9 rings (SSSR count). The van der Waals surface area contributed by atoms with Gasteiger partial charge in [-0.15, -0.1) is 11.3 Å². The minimum absolute atomic E-state index is 0.251. The lowest BCUT2D eigenvalue weighted by atomic mass is 9.81. The molecular formula is C46H45N5O5S. The Kier molecular flexibility index (Phi) is 9.64. The zero-order valence-electron chi connectivity index (χ0n) is 32.2. The molecular weight excluding hydrogens is 735 g/mol. The highest BCUT2D eigenvalue weighted by Crippen LogP contribution is 2.49.